The third-order valence-corrected chi connectivity index (χ3v) is 3.57. The van der Waals surface area contributed by atoms with Crippen molar-refractivity contribution in [2.75, 3.05) is 31.6 Å². The number of hydrogen-bond donors (Lipinski definition) is 1. The maximum Gasteiger partial charge on any atom is 0.416 e. The Labute approximate surface area is 111 Å². The molecule has 0 aliphatic carbocycles. The number of piperidine rings is 1. The molecule has 0 bridgehead atoms. The predicted molar refractivity (Wildman–Crippen MR) is 70.3 cm³/mol. The van der Waals surface area contributed by atoms with Crippen molar-refractivity contribution in [3.8, 4) is 0 Å². The number of anilines is 1. The average molecular weight is 272 g/mol. The summed E-state index contributed by atoms with van der Waals surface area (Å²) in [7, 11) is 1.93. The summed E-state index contributed by atoms with van der Waals surface area (Å²) in [5.74, 6) is 0.570. The van der Waals surface area contributed by atoms with Crippen LogP contribution in [-0.2, 0) is 6.18 Å². The van der Waals surface area contributed by atoms with Crippen molar-refractivity contribution in [2.24, 2.45) is 5.92 Å². The Hall–Kier alpha value is -1.23. The van der Waals surface area contributed by atoms with Crippen molar-refractivity contribution >= 4 is 5.69 Å². The summed E-state index contributed by atoms with van der Waals surface area (Å²) < 4.78 is 37.5. The molecule has 1 unspecified atom stereocenters. The van der Waals surface area contributed by atoms with Crippen molar-refractivity contribution in [1.29, 1.82) is 0 Å². The van der Waals surface area contributed by atoms with Crippen molar-refractivity contribution in [3.63, 3.8) is 0 Å². The van der Waals surface area contributed by atoms with Gasteiger partial charge in [-0.1, -0.05) is 0 Å². The van der Waals surface area contributed by atoms with Crippen molar-refractivity contribution in [2.45, 2.75) is 19.0 Å². The first-order valence-electron chi connectivity index (χ1n) is 6.57. The van der Waals surface area contributed by atoms with E-state index in [9.17, 15) is 13.2 Å². The van der Waals surface area contributed by atoms with Gasteiger partial charge in [0.1, 0.15) is 0 Å². The van der Waals surface area contributed by atoms with E-state index in [2.05, 4.69) is 10.2 Å². The van der Waals surface area contributed by atoms with Crippen LogP contribution in [0.1, 0.15) is 18.4 Å². The van der Waals surface area contributed by atoms with Gasteiger partial charge >= 0.3 is 6.18 Å². The lowest BCUT2D eigenvalue weighted by atomic mass is 9.97. The van der Waals surface area contributed by atoms with E-state index in [1.54, 1.807) is 12.1 Å². The highest BCUT2D eigenvalue weighted by molar-refractivity contribution is 5.48. The molecule has 0 saturated carbocycles. The van der Waals surface area contributed by atoms with Crippen LogP contribution in [-0.4, -0.2) is 26.7 Å². The number of rotatable bonds is 3. The highest BCUT2D eigenvalue weighted by Gasteiger charge is 2.30. The van der Waals surface area contributed by atoms with Gasteiger partial charge in [-0.2, -0.15) is 13.2 Å². The van der Waals surface area contributed by atoms with Crippen LogP contribution in [0.2, 0.25) is 0 Å². The van der Waals surface area contributed by atoms with Gasteiger partial charge in [-0.3, -0.25) is 0 Å². The van der Waals surface area contributed by atoms with E-state index >= 15 is 0 Å². The monoisotopic (exact) mass is 272 g/mol. The molecule has 0 aromatic heterocycles. The van der Waals surface area contributed by atoms with E-state index in [1.807, 2.05) is 7.05 Å². The number of nitrogens with one attached hydrogen (secondary N) is 1. The highest BCUT2D eigenvalue weighted by atomic mass is 19.4. The fourth-order valence-corrected chi connectivity index (χ4v) is 2.62. The standard InChI is InChI=1S/C14H19F3N2/c1-18-9-11-3-2-8-19(10-11)13-6-4-12(5-7-13)14(15,16)17/h4-7,11,18H,2-3,8-10H2,1H3. The zero-order valence-electron chi connectivity index (χ0n) is 11.0. The minimum Gasteiger partial charge on any atom is -0.371 e. The molecule has 0 amide bonds. The number of nitrogens with zero attached hydrogens (tertiary/aromatic N) is 1. The van der Waals surface area contributed by atoms with Gasteiger partial charge in [0, 0.05) is 18.8 Å². The summed E-state index contributed by atoms with van der Waals surface area (Å²) in [5, 5.41) is 3.16. The number of halogens is 3. The van der Waals surface area contributed by atoms with Crippen molar-refractivity contribution < 1.29 is 13.2 Å². The summed E-state index contributed by atoms with van der Waals surface area (Å²) in [6.45, 7) is 2.79. The number of benzene rings is 1. The van der Waals surface area contributed by atoms with Crippen molar-refractivity contribution in [1.82, 2.24) is 5.32 Å². The van der Waals surface area contributed by atoms with E-state index in [0.29, 0.717) is 5.92 Å². The second-order valence-electron chi connectivity index (χ2n) is 5.06. The van der Waals surface area contributed by atoms with E-state index < -0.39 is 11.7 Å². The van der Waals surface area contributed by atoms with Gasteiger partial charge in [-0.15, -0.1) is 0 Å². The molecule has 2 rings (SSSR count). The first-order chi connectivity index (χ1) is 9.00. The summed E-state index contributed by atoms with van der Waals surface area (Å²) in [5.41, 5.74) is 0.300. The molecule has 5 heteroatoms. The Morgan fingerprint density at radius 1 is 1.26 bits per heavy atom. The smallest absolute Gasteiger partial charge is 0.371 e. The molecule has 0 spiro atoms. The van der Waals surface area contributed by atoms with E-state index in [1.165, 1.54) is 6.42 Å². The van der Waals surface area contributed by atoms with Gasteiger partial charge < -0.3 is 10.2 Å². The third kappa shape index (κ3) is 3.62. The summed E-state index contributed by atoms with van der Waals surface area (Å²) in [6.07, 6.45) is -1.99. The molecule has 1 heterocycles. The summed E-state index contributed by atoms with van der Waals surface area (Å²) in [4.78, 5) is 2.17. The fourth-order valence-electron chi connectivity index (χ4n) is 2.62. The Kier molecular flexibility index (Phi) is 4.34. The second-order valence-corrected chi connectivity index (χ2v) is 5.06. The summed E-state index contributed by atoms with van der Waals surface area (Å²) in [6, 6.07) is 5.48. The van der Waals surface area contributed by atoms with Crippen LogP contribution in [0.5, 0.6) is 0 Å². The van der Waals surface area contributed by atoms with Gasteiger partial charge in [0.25, 0.3) is 0 Å². The molecule has 1 aliphatic heterocycles. The topological polar surface area (TPSA) is 15.3 Å². The Bertz CT molecular complexity index is 398. The molecule has 19 heavy (non-hydrogen) atoms. The molecule has 1 fully saturated rings. The zero-order chi connectivity index (χ0) is 13.9. The van der Waals surface area contributed by atoms with Crippen LogP contribution < -0.4 is 10.2 Å². The largest absolute Gasteiger partial charge is 0.416 e. The van der Waals surface area contributed by atoms with Crippen LogP contribution >= 0.6 is 0 Å². The van der Waals surface area contributed by atoms with Crippen LogP contribution in [0.25, 0.3) is 0 Å². The minimum absolute atomic E-state index is 0.570. The molecule has 1 aromatic rings. The molecule has 0 radical (unpaired) electrons. The predicted octanol–water partition coefficient (Wildman–Crippen LogP) is 3.14. The van der Waals surface area contributed by atoms with Gasteiger partial charge in [-0.05, 0) is 56.6 Å². The van der Waals surface area contributed by atoms with E-state index in [0.717, 1.165) is 43.9 Å². The van der Waals surface area contributed by atoms with Gasteiger partial charge in [0.2, 0.25) is 0 Å². The molecule has 1 N–H and O–H groups in total. The molecule has 106 valence electrons. The summed E-state index contributed by atoms with van der Waals surface area (Å²) >= 11 is 0. The van der Waals surface area contributed by atoms with Gasteiger partial charge in [-0.25, -0.2) is 0 Å². The maximum absolute atomic E-state index is 12.5. The van der Waals surface area contributed by atoms with Crippen LogP contribution in [0, 0.1) is 5.92 Å². The zero-order valence-corrected chi connectivity index (χ0v) is 11.0. The number of alkyl halides is 3. The fraction of sp³-hybridized carbons (Fsp3) is 0.571. The second kappa shape index (κ2) is 5.82. The van der Waals surface area contributed by atoms with E-state index in [4.69, 9.17) is 0 Å². The maximum atomic E-state index is 12.5. The molecule has 1 saturated heterocycles. The Morgan fingerprint density at radius 3 is 2.53 bits per heavy atom. The lowest BCUT2D eigenvalue weighted by Crippen LogP contribution is -2.39. The molecule has 1 aromatic carbocycles. The molecule has 1 atom stereocenters. The first-order valence-corrected chi connectivity index (χ1v) is 6.57. The van der Waals surface area contributed by atoms with Crippen molar-refractivity contribution in [3.05, 3.63) is 29.8 Å². The Balaban J connectivity index is 2.05. The number of hydrogen-bond acceptors (Lipinski definition) is 2. The minimum atomic E-state index is -4.25. The Morgan fingerprint density at radius 2 is 1.95 bits per heavy atom. The lowest BCUT2D eigenvalue weighted by Gasteiger charge is -2.34. The normalized spacial score (nSPS) is 20.6. The quantitative estimate of drug-likeness (QED) is 0.909. The molecular weight excluding hydrogens is 253 g/mol. The molecule has 2 nitrogen and oxygen atoms in total. The average Bonchev–Trinajstić information content (AvgIpc) is 2.39. The molecular formula is C14H19F3N2. The van der Waals surface area contributed by atoms with Gasteiger partial charge in [0.05, 0.1) is 5.56 Å². The van der Waals surface area contributed by atoms with Gasteiger partial charge in [0.15, 0.2) is 0 Å². The van der Waals surface area contributed by atoms with Crippen LogP contribution in [0.3, 0.4) is 0 Å². The first kappa shape index (κ1) is 14.2. The van der Waals surface area contributed by atoms with E-state index in [-0.39, 0.29) is 0 Å². The lowest BCUT2D eigenvalue weighted by molar-refractivity contribution is -0.137. The van der Waals surface area contributed by atoms with Crippen LogP contribution in [0.4, 0.5) is 18.9 Å². The highest BCUT2D eigenvalue weighted by Crippen LogP contribution is 2.31. The van der Waals surface area contributed by atoms with Crippen LogP contribution in [0.15, 0.2) is 24.3 Å². The third-order valence-electron chi connectivity index (χ3n) is 3.57. The SMILES string of the molecule is CNCC1CCCN(c2ccc(C(F)(F)F)cc2)C1. The molecule has 1 aliphatic rings.